The molecule has 0 fully saturated rings. The van der Waals surface area contributed by atoms with Crippen LogP contribution in [0.4, 0.5) is 4.79 Å². The first-order valence-corrected chi connectivity index (χ1v) is 3.05. The highest BCUT2D eigenvalue weighted by molar-refractivity contribution is 5.60. The van der Waals surface area contributed by atoms with E-state index in [9.17, 15) is 14.9 Å². The highest BCUT2D eigenvalue weighted by Crippen LogP contribution is 1.87. The second-order valence-electron chi connectivity index (χ2n) is 1.51. The van der Waals surface area contributed by atoms with E-state index in [-0.39, 0.29) is 13.2 Å². The van der Waals surface area contributed by atoms with Crippen molar-refractivity contribution in [2.45, 2.75) is 6.92 Å². The van der Waals surface area contributed by atoms with E-state index in [0.29, 0.717) is 0 Å². The van der Waals surface area contributed by atoms with Crippen molar-refractivity contribution in [2.75, 3.05) is 13.2 Å². The fourth-order valence-electron chi connectivity index (χ4n) is 0.367. The first-order valence-electron chi connectivity index (χ1n) is 3.05. The lowest BCUT2D eigenvalue weighted by molar-refractivity contribution is -0.757. The van der Waals surface area contributed by atoms with E-state index in [2.05, 4.69) is 14.3 Å². The Balaban J connectivity index is 3.19. The first kappa shape index (κ1) is 10.5. The zero-order chi connectivity index (χ0) is 9.40. The van der Waals surface area contributed by atoms with Gasteiger partial charge in [0.05, 0.1) is 0 Å². The molecule has 12 heavy (non-hydrogen) atoms. The number of carbonyl (C=O) groups is 1. The van der Waals surface area contributed by atoms with Crippen LogP contribution in [-0.4, -0.2) is 24.5 Å². The van der Waals surface area contributed by atoms with Gasteiger partial charge in [0.25, 0.3) is 5.09 Å². The van der Waals surface area contributed by atoms with Crippen LogP contribution >= 0.6 is 0 Å². The molecule has 0 aromatic carbocycles. The van der Waals surface area contributed by atoms with Gasteiger partial charge in [-0.1, -0.05) is 0 Å². The molecule has 0 saturated carbocycles. The smallest absolute Gasteiger partial charge is 0.432 e. The normalized spacial score (nSPS) is 8.75. The van der Waals surface area contributed by atoms with Crippen molar-refractivity contribution in [2.24, 2.45) is 0 Å². The maximum atomic E-state index is 10.4. The predicted octanol–water partition coefficient (Wildman–Crippen LogP) is 0.530. The topological polar surface area (TPSA) is 87.9 Å². The third-order valence-corrected chi connectivity index (χ3v) is 0.714. The summed E-state index contributed by atoms with van der Waals surface area (Å²) in [6.07, 6.45) is -0.913. The Morgan fingerprint density at radius 3 is 2.75 bits per heavy atom. The Labute approximate surface area is 68.3 Å². The van der Waals surface area contributed by atoms with Crippen molar-refractivity contribution in [3.63, 3.8) is 0 Å². The van der Waals surface area contributed by atoms with E-state index in [4.69, 9.17) is 0 Å². The fraction of sp³-hybridized carbons (Fsp3) is 0.600. The van der Waals surface area contributed by atoms with Gasteiger partial charge in [0.1, 0.15) is 19.8 Å². The lowest BCUT2D eigenvalue weighted by Gasteiger charge is -2.01. The highest BCUT2D eigenvalue weighted by atomic mass is 17.0. The van der Waals surface area contributed by atoms with E-state index in [1.165, 1.54) is 6.92 Å². The van der Waals surface area contributed by atoms with Gasteiger partial charge in [-0.25, -0.2) is 4.79 Å². The molecular weight excluding hydrogens is 170 g/mol. The minimum Gasteiger partial charge on any atom is -0.432 e. The summed E-state index contributed by atoms with van der Waals surface area (Å²) in [6, 6.07) is 0. The first-order chi connectivity index (χ1) is 5.66. The molecule has 0 unspecified atom stereocenters. The minimum absolute atomic E-state index is 0.215. The molecule has 0 rings (SSSR count). The van der Waals surface area contributed by atoms with Crippen molar-refractivity contribution < 1.29 is 24.2 Å². The van der Waals surface area contributed by atoms with E-state index < -0.39 is 11.2 Å². The van der Waals surface area contributed by atoms with Crippen LogP contribution in [-0.2, 0) is 14.3 Å². The zero-order valence-corrected chi connectivity index (χ0v) is 6.39. The molecular formula is C5H8NO6. The third kappa shape index (κ3) is 6.59. The molecule has 0 heterocycles. The maximum Gasteiger partial charge on any atom is 0.508 e. The summed E-state index contributed by atoms with van der Waals surface area (Å²) in [5.41, 5.74) is 0. The summed E-state index contributed by atoms with van der Waals surface area (Å²) in [5, 5.41) is 8.60. The molecule has 1 radical (unpaired) electrons. The van der Waals surface area contributed by atoms with Gasteiger partial charge in [-0.15, -0.1) is 10.1 Å². The molecule has 7 heteroatoms. The number of hydrogen-bond donors (Lipinski definition) is 0. The summed E-state index contributed by atoms with van der Waals surface area (Å²) < 4.78 is 8.55. The van der Waals surface area contributed by atoms with Crippen LogP contribution in [0.3, 0.4) is 0 Å². The summed E-state index contributed by atoms with van der Waals surface area (Å²) in [4.78, 5) is 23.8. The van der Waals surface area contributed by atoms with Crippen LogP contribution in [0.2, 0.25) is 0 Å². The average Bonchev–Trinajstić information content (AvgIpc) is 1.98. The number of ether oxygens (including phenoxy) is 2. The summed E-state index contributed by atoms with van der Waals surface area (Å²) in [7, 11) is 0. The van der Waals surface area contributed by atoms with E-state index in [0.717, 1.165) is 6.61 Å². The Bertz CT molecular complexity index is 158. The molecule has 0 aliphatic heterocycles. The number of carbonyl (C=O) groups excluding carboxylic acids is 1. The molecule has 0 bridgehead atoms. The lowest BCUT2D eigenvalue weighted by Crippen LogP contribution is -2.12. The molecule has 7 nitrogen and oxygen atoms in total. The summed E-state index contributed by atoms with van der Waals surface area (Å²) in [5.74, 6) is 0. The van der Waals surface area contributed by atoms with Gasteiger partial charge < -0.3 is 14.3 Å². The van der Waals surface area contributed by atoms with Gasteiger partial charge in [0.2, 0.25) is 0 Å². The monoisotopic (exact) mass is 178 g/mol. The Hall–Kier alpha value is -1.53. The fourth-order valence-corrected chi connectivity index (χ4v) is 0.367. The van der Waals surface area contributed by atoms with Crippen molar-refractivity contribution in [3.8, 4) is 0 Å². The second kappa shape index (κ2) is 6.20. The van der Waals surface area contributed by atoms with Gasteiger partial charge in [-0.05, 0) is 6.92 Å². The Morgan fingerprint density at radius 1 is 1.58 bits per heavy atom. The SMILES string of the molecule is C[CH]OC(=O)OCCO[N+](=O)[O-]. The predicted molar refractivity (Wildman–Crippen MR) is 35.4 cm³/mol. The van der Waals surface area contributed by atoms with Crippen molar-refractivity contribution in [1.82, 2.24) is 0 Å². The molecule has 0 spiro atoms. The number of nitrogens with zero attached hydrogens (tertiary/aromatic N) is 1. The maximum absolute atomic E-state index is 10.4. The minimum atomic E-state index is -0.972. The molecule has 0 aromatic rings. The molecule has 0 saturated heterocycles. The molecule has 0 atom stereocenters. The summed E-state index contributed by atoms with van der Waals surface area (Å²) >= 11 is 0. The van der Waals surface area contributed by atoms with Crippen LogP contribution in [0, 0.1) is 16.7 Å². The van der Waals surface area contributed by atoms with Gasteiger partial charge in [-0.2, -0.15) is 0 Å². The standard InChI is InChI=1S/C5H8NO6/c1-2-10-5(7)11-3-4-12-6(8)9/h2H,3-4H2,1H3. The van der Waals surface area contributed by atoms with Gasteiger partial charge in [0.15, 0.2) is 0 Å². The third-order valence-electron chi connectivity index (χ3n) is 0.714. The number of rotatable bonds is 5. The van der Waals surface area contributed by atoms with Crippen LogP contribution in [0.1, 0.15) is 6.92 Å². The van der Waals surface area contributed by atoms with Gasteiger partial charge in [-0.3, -0.25) is 0 Å². The molecule has 69 valence electrons. The van der Waals surface area contributed by atoms with Crippen molar-refractivity contribution in [1.29, 1.82) is 0 Å². The molecule has 0 aliphatic rings. The summed E-state index contributed by atoms with van der Waals surface area (Å²) in [6.45, 7) is 2.12. The second-order valence-corrected chi connectivity index (χ2v) is 1.51. The van der Waals surface area contributed by atoms with E-state index in [1.54, 1.807) is 0 Å². The van der Waals surface area contributed by atoms with Crippen LogP contribution in [0.25, 0.3) is 0 Å². The average molecular weight is 178 g/mol. The van der Waals surface area contributed by atoms with E-state index in [1.807, 2.05) is 0 Å². The number of hydrogen-bond acceptors (Lipinski definition) is 6. The zero-order valence-electron chi connectivity index (χ0n) is 6.39. The largest absolute Gasteiger partial charge is 0.508 e. The lowest BCUT2D eigenvalue weighted by atomic mass is 10.8. The Kier molecular flexibility index (Phi) is 5.41. The van der Waals surface area contributed by atoms with Crippen molar-refractivity contribution in [3.05, 3.63) is 16.7 Å². The highest BCUT2D eigenvalue weighted by Gasteiger charge is 2.02. The van der Waals surface area contributed by atoms with Crippen LogP contribution in [0.15, 0.2) is 0 Å². The van der Waals surface area contributed by atoms with E-state index >= 15 is 0 Å². The molecule has 0 aliphatic carbocycles. The molecule has 0 amide bonds. The van der Waals surface area contributed by atoms with Gasteiger partial charge in [0, 0.05) is 0 Å². The quantitative estimate of drug-likeness (QED) is 0.264. The van der Waals surface area contributed by atoms with Crippen LogP contribution < -0.4 is 0 Å². The molecule has 0 aromatic heterocycles. The van der Waals surface area contributed by atoms with Gasteiger partial charge >= 0.3 is 6.16 Å². The van der Waals surface area contributed by atoms with Crippen molar-refractivity contribution >= 4 is 6.16 Å². The Morgan fingerprint density at radius 2 is 2.25 bits per heavy atom. The van der Waals surface area contributed by atoms with Crippen LogP contribution in [0.5, 0.6) is 0 Å². The molecule has 0 N–H and O–H groups in total.